The lowest BCUT2D eigenvalue weighted by atomic mass is 9.73. The molecular formula is C20H20N2O2. The Kier molecular flexibility index (Phi) is 3.81. The summed E-state index contributed by atoms with van der Waals surface area (Å²) in [5.41, 5.74) is 1.90. The molecule has 1 saturated carbocycles. The van der Waals surface area contributed by atoms with Crippen molar-refractivity contribution >= 4 is 12.0 Å². The van der Waals surface area contributed by atoms with Gasteiger partial charge in [-0.15, -0.1) is 0 Å². The maximum absolute atomic E-state index is 12.4. The Hall–Kier alpha value is -2.62. The van der Waals surface area contributed by atoms with Crippen molar-refractivity contribution < 1.29 is 9.53 Å². The Bertz CT molecular complexity index is 766. The minimum absolute atomic E-state index is 0.00120. The number of pyridine rings is 1. The lowest BCUT2D eigenvalue weighted by Gasteiger charge is -2.47. The van der Waals surface area contributed by atoms with Crippen molar-refractivity contribution in [2.24, 2.45) is 0 Å². The number of ether oxygens (including phenoxy) is 1. The number of rotatable bonds is 3. The largest absolute Gasteiger partial charge is 0.487 e. The lowest BCUT2D eigenvalue weighted by Crippen LogP contribution is -2.49. The first kappa shape index (κ1) is 14.9. The third kappa shape index (κ3) is 2.92. The first-order chi connectivity index (χ1) is 11.7. The molecule has 1 unspecified atom stereocenters. The number of hydrogen-bond donors (Lipinski definition) is 1. The number of nitrogens with zero attached hydrogens (tertiary/aromatic N) is 1. The minimum Gasteiger partial charge on any atom is -0.487 e. The second-order valence-electron chi connectivity index (χ2n) is 6.56. The van der Waals surface area contributed by atoms with Crippen molar-refractivity contribution in [1.29, 1.82) is 0 Å². The van der Waals surface area contributed by atoms with Gasteiger partial charge in [-0.1, -0.05) is 24.3 Å². The van der Waals surface area contributed by atoms with Crippen LogP contribution in [0.2, 0.25) is 0 Å². The number of carbonyl (C=O) groups excluding carboxylic acids is 1. The van der Waals surface area contributed by atoms with Gasteiger partial charge in [0.1, 0.15) is 11.4 Å². The number of fused-ring (bicyclic) bond motifs is 1. The van der Waals surface area contributed by atoms with Crippen LogP contribution in [-0.2, 0) is 4.79 Å². The highest BCUT2D eigenvalue weighted by Gasteiger charge is 2.45. The van der Waals surface area contributed by atoms with Crippen LogP contribution >= 0.6 is 0 Å². The zero-order valence-electron chi connectivity index (χ0n) is 13.4. The molecule has 1 N–H and O–H groups in total. The topological polar surface area (TPSA) is 51.2 Å². The molecule has 4 nitrogen and oxygen atoms in total. The van der Waals surface area contributed by atoms with Crippen molar-refractivity contribution in [2.45, 2.75) is 37.3 Å². The first-order valence-corrected chi connectivity index (χ1v) is 8.41. The molecule has 4 heteroatoms. The second kappa shape index (κ2) is 6.11. The number of amides is 1. The van der Waals surface area contributed by atoms with Gasteiger partial charge in [0.15, 0.2) is 0 Å². The smallest absolute Gasteiger partial charge is 0.244 e. The SMILES string of the molecule is O=C(C=Cc1cccnc1)NC1CC2(CCC2)Oc2ccccc21. The molecule has 122 valence electrons. The quantitative estimate of drug-likeness (QED) is 0.878. The molecule has 0 bridgehead atoms. The molecule has 1 spiro atoms. The average Bonchev–Trinajstić information content (AvgIpc) is 2.59. The summed E-state index contributed by atoms with van der Waals surface area (Å²) >= 11 is 0. The summed E-state index contributed by atoms with van der Waals surface area (Å²) in [5, 5.41) is 3.14. The molecule has 1 atom stereocenters. The summed E-state index contributed by atoms with van der Waals surface area (Å²) in [5.74, 6) is 0.819. The van der Waals surface area contributed by atoms with Crippen molar-refractivity contribution in [1.82, 2.24) is 10.3 Å². The highest BCUT2D eigenvalue weighted by molar-refractivity contribution is 5.92. The molecule has 2 heterocycles. The Morgan fingerprint density at radius 3 is 2.88 bits per heavy atom. The fourth-order valence-electron chi connectivity index (χ4n) is 3.49. The summed E-state index contributed by atoms with van der Waals surface area (Å²) in [4.78, 5) is 16.4. The normalized spacial score (nSPS) is 20.9. The van der Waals surface area contributed by atoms with Crippen molar-refractivity contribution in [3.63, 3.8) is 0 Å². The van der Waals surface area contributed by atoms with E-state index < -0.39 is 0 Å². The highest BCUT2D eigenvalue weighted by atomic mass is 16.5. The van der Waals surface area contributed by atoms with Crippen LogP contribution < -0.4 is 10.1 Å². The van der Waals surface area contributed by atoms with Gasteiger partial charge in [-0.3, -0.25) is 9.78 Å². The standard InChI is InChI=1S/C20H20N2O2/c23-19(9-8-15-5-3-12-21-14-15)22-17-13-20(10-4-11-20)24-18-7-2-1-6-16(17)18/h1-3,5-9,12,14,17H,4,10-11,13H2,(H,22,23). The maximum atomic E-state index is 12.4. The number of nitrogens with one attached hydrogen (secondary N) is 1. The second-order valence-corrected chi connectivity index (χ2v) is 6.56. The molecule has 2 aliphatic rings. The van der Waals surface area contributed by atoms with Crippen LogP contribution in [0.5, 0.6) is 5.75 Å². The van der Waals surface area contributed by atoms with Gasteiger partial charge >= 0.3 is 0 Å². The van der Waals surface area contributed by atoms with E-state index in [1.165, 1.54) is 6.42 Å². The van der Waals surface area contributed by atoms with Gasteiger partial charge < -0.3 is 10.1 Å². The van der Waals surface area contributed by atoms with Crippen molar-refractivity contribution in [3.8, 4) is 5.75 Å². The van der Waals surface area contributed by atoms with E-state index in [2.05, 4.69) is 10.3 Å². The van der Waals surface area contributed by atoms with E-state index in [-0.39, 0.29) is 17.6 Å². The molecule has 1 aliphatic carbocycles. The Labute approximate surface area is 141 Å². The van der Waals surface area contributed by atoms with Gasteiger partial charge in [0, 0.05) is 30.5 Å². The summed E-state index contributed by atoms with van der Waals surface area (Å²) < 4.78 is 6.22. The van der Waals surface area contributed by atoms with Crippen LogP contribution in [0.15, 0.2) is 54.9 Å². The molecule has 1 amide bonds. The fraction of sp³-hybridized carbons (Fsp3) is 0.300. The molecule has 1 fully saturated rings. The van der Waals surface area contributed by atoms with Crippen LogP contribution in [0.1, 0.15) is 42.9 Å². The summed E-state index contributed by atoms with van der Waals surface area (Å²) in [6, 6.07) is 11.8. The minimum atomic E-state index is -0.0879. The number of hydrogen-bond acceptors (Lipinski definition) is 3. The van der Waals surface area contributed by atoms with Gasteiger partial charge in [0.2, 0.25) is 5.91 Å². The molecule has 2 aromatic rings. The van der Waals surface area contributed by atoms with Gasteiger partial charge in [-0.2, -0.15) is 0 Å². The van der Waals surface area contributed by atoms with Crippen LogP contribution in [-0.4, -0.2) is 16.5 Å². The Morgan fingerprint density at radius 2 is 2.12 bits per heavy atom. The zero-order chi connectivity index (χ0) is 16.4. The molecule has 24 heavy (non-hydrogen) atoms. The lowest BCUT2D eigenvalue weighted by molar-refractivity contribution is -0.118. The third-order valence-corrected chi connectivity index (χ3v) is 4.89. The van der Waals surface area contributed by atoms with E-state index in [0.717, 1.165) is 36.1 Å². The van der Waals surface area contributed by atoms with E-state index in [9.17, 15) is 4.79 Å². The van der Waals surface area contributed by atoms with E-state index in [1.54, 1.807) is 24.5 Å². The molecule has 4 rings (SSSR count). The summed E-state index contributed by atoms with van der Waals surface area (Å²) in [6.45, 7) is 0. The predicted molar refractivity (Wildman–Crippen MR) is 92.4 cm³/mol. The third-order valence-electron chi connectivity index (χ3n) is 4.89. The van der Waals surface area contributed by atoms with Crippen LogP contribution in [0.4, 0.5) is 0 Å². The maximum Gasteiger partial charge on any atom is 0.244 e. The van der Waals surface area contributed by atoms with Crippen LogP contribution in [0.3, 0.4) is 0 Å². The predicted octanol–water partition coefficient (Wildman–Crippen LogP) is 3.66. The Balaban J connectivity index is 1.51. The first-order valence-electron chi connectivity index (χ1n) is 8.41. The van der Waals surface area contributed by atoms with Gasteiger partial charge in [-0.05, 0) is 43.0 Å². The molecule has 1 aliphatic heterocycles. The molecule has 0 saturated heterocycles. The van der Waals surface area contributed by atoms with Gasteiger partial charge in [0.25, 0.3) is 0 Å². The van der Waals surface area contributed by atoms with Crippen LogP contribution in [0.25, 0.3) is 6.08 Å². The van der Waals surface area contributed by atoms with Crippen molar-refractivity contribution in [3.05, 3.63) is 66.0 Å². The molecular weight excluding hydrogens is 300 g/mol. The average molecular weight is 320 g/mol. The number of para-hydroxylation sites is 1. The van der Waals surface area contributed by atoms with Gasteiger partial charge in [-0.25, -0.2) is 0 Å². The molecule has 1 aromatic heterocycles. The van der Waals surface area contributed by atoms with Crippen molar-refractivity contribution in [2.75, 3.05) is 0 Å². The summed E-state index contributed by atoms with van der Waals surface area (Å²) in [7, 11) is 0. The van der Waals surface area contributed by atoms with E-state index >= 15 is 0 Å². The van der Waals surface area contributed by atoms with E-state index in [0.29, 0.717) is 0 Å². The molecule has 1 aromatic carbocycles. The highest BCUT2D eigenvalue weighted by Crippen LogP contribution is 2.48. The zero-order valence-corrected chi connectivity index (χ0v) is 13.4. The van der Waals surface area contributed by atoms with Gasteiger partial charge in [0.05, 0.1) is 6.04 Å². The number of benzene rings is 1. The Morgan fingerprint density at radius 1 is 1.25 bits per heavy atom. The fourth-order valence-corrected chi connectivity index (χ4v) is 3.49. The van der Waals surface area contributed by atoms with E-state index in [4.69, 9.17) is 4.74 Å². The number of aromatic nitrogens is 1. The summed E-state index contributed by atoms with van der Waals surface area (Å²) in [6.07, 6.45) is 11.0. The van der Waals surface area contributed by atoms with Crippen LogP contribution in [0, 0.1) is 0 Å². The number of carbonyl (C=O) groups is 1. The molecule has 0 radical (unpaired) electrons. The van der Waals surface area contributed by atoms with E-state index in [1.807, 2.05) is 36.4 Å². The monoisotopic (exact) mass is 320 g/mol.